The summed E-state index contributed by atoms with van der Waals surface area (Å²) < 4.78 is 30.5. The van der Waals surface area contributed by atoms with Crippen molar-refractivity contribution < 1.29 is 13.2 Å². The average Bonchev–Trinajstić information content (AvgIpc) is 3.27. The number of sulfonamides is 1. The SMILES string of the molecule is CN(C1(c2cc(Cl)nc(N3CCOCC3)n2)CC1)S(C)(=O)=O. The Morgan fingerprint density at radius 1 is 1.32 bits per heavy atom. The predicted octanol–water partition coefficient (Wildman–Crippen LogP) is 0.847. The van der Waals surface area contributed by atoms with Gasteiger partial charge in [-0.3, -0.25) is 0 Å². The van der Waals surface area contributed by atoms with E-state index in [0.717, 1.165) is 12.8 Å². The standard InChI is InChI=1S/C13H19ClN4O3S/c1-17(22(2,19)20)13(3-4-13)10-9-11(14)16-12(15-10)18-5-7-21-8-6-18/h9H,3-8H2,1-2H3. The van der Waals surface area contributed by atoms with Crippen LogP contribution < -0.4 is 4.90 Å². The Labute approximate surface area is 135 Å². The van der Waals surface area contributed by atoms with Gasteiger partial charge < -0.3 is 9.64 Å². The summed E-state index contributed by atoms with van der Waals surface area (Å²) in [6.07, 6.45) is 2.69. The van der Waals surface area contributed by atoms with Gasteiger partial charge >= 0.3 is 0 Å². The van der Waals surface area contributed by atoms with Crippen molar-refractivity contribution in [2.24, 2.45) is 0 Å². The average molecular weight is 347 g/mol. The first-order chi connectivity index (χ1) is 10.3. The fraction of sp³-hybridized carbons (Fsp3) is 0.692. The third-order valence-electron chi connectivity index (χ3n) is 4.28. The van der Waals surface area contributed by atoms with Crippen molar-refractivity contribution in [3.63, 3.8) is 0 Å². The van der Waals surface area contributed by atoms with Crippen molar-refractivity contribution in [2.75, 3.05) is 44.5 Å². The Hall–Kier alpha value is -0.960. The zero-order valence-corrected chi connectivity index (χ0v) is 14.2. The number of aromatic nitrogens is 2. The van der Waals surface area contributed by atoms with Crippen LogP contribution in [0.3, 0.4) is 0 Å². The molecular formula is C13H19ClN4O3S. The summed E-state index contributed by atoms with van der Waals surface area (Å²) in [6.45, 7) is 2.66. The van der Waals surface area contributed by atoms with Gasteiger partial charge in [-0.2, -0.15) is 4.31 Å². The van der Waals surface area contributed by atoms with Crippen molar-refractivity contribution in [3.05, 3.63) is 16.9 Å². The second-order valence-corrected chi connectivity index (χ2v) is 8.14. The molecule has 0 unspecified atom stereocenters. The molecule has 1 aromatic rings. The molecular weight excluding hydrogens is 328 g/mol. The first-order valence-corrected chi connectivity index (χ1v) is 9.37. The van der Waals surface area contributed by atoms with Gasteiger partial charge in [-0.25, -0.2) is 18.4 Å². The van der Waals surface area contributed by atoms with Crippen LogP contribution in [-0.2, 0) is 20.3 Å². The molecule has 2 fully saturated rings. The fourth-order valence-corrected chi connectivity index (χ4v) is 3.81. The number of ether oxygens (including phenoxy) is 1. The number of rotatable bonds is 4. The molecule has 1 aromatic heterocycles. The molecule has 0 bridgehead atoms. The van der Waals surface area contributed by atoms with E-state index in [1.165, 1.54) is 10.6 Å². The van der Waals surface area contributed by atoms with E-state index >= 15 is 0 Å². The fourth-order valence-electron chi connectivity index (χ4n) is 2.72. The molecule has 1 saturated carbocycles. The van der Waals surface area contributed by atoms with Crippen LogP contribution in [-0.4, -0.2) is 62.3 Å². The molecule has 0 amide bonds. The topological polar surface area (TPSA) is 75.6 Å². The molecule has 22 heavy (non-hydrogen) atoms. The molecule has 7 nitrogen and oxygen atoms in total. The molecule has 122 valence electrons. The van der Waals surface area contributed by atoms with Gasteiger partial charge in [0.15, 0.2) is 0 Å². The lowest BCUT2D eigenvalue weighted by Crippen LogP contribution is -2.39. The third kappa shape index (κ3) is 2.92. The third-order valence-corrected chi connectivity index (χ3v) is 5.82. The lowest BCUT2D eigenvalue weighted by molar-refractivity contribution is 0.122. The molecule has 2 heterocycles. The molecule has 2 aliphatic rings. The number of morpholine rings is 1. The van der Waals surface area contributed by atoms with Gasteiger partial charge in [0.1, 0.15) is 5.15 Å². The molecule has 0 atom stereocenters. The van der Waals surface area contributed by atoms with Gasteiger partial charge in [0.05, 0.1) is 30.7 Å². The van der Waals surface area contributed by atoms with Crippen LogP contribution in [0.15, 0.2) is 6.07 Å². The van der Waals surface area contributed by atoms with Crippen molar-refractivity contribution in [3.8, 4) is 0 Å². The molecule has 0 N–H and O–H groups in total. The van der Waals surface area contributed by atoms with Crippen LogP contribution in [0.2, 0.25) is 5.15 Å². The smallest absolute Gasteiger partial charge is 0.227 e. The van der Waals surface area contributed by atoms with E-state index in [9.17, 15) is 8.42 Å². The molecule has 0 aromatic carbocycles. The van der Waals surface area contributed by atoms with Gasteiger partial charge in [0.25, 0.3) is 0 Å². The van der Waals surface area contributed by atoms with Crippen molar-refractivity contribution >= 4 is 27.6 Å². The predicted molar refractivity (Wildman–Crippen MR) is 83.6 cm³/mol. The van der Waals surface area contributed by atoms with Crippen molar-refractivity contribution in [1.29, 1.82) is 0 Å². The maximum absolute atomic E-state index is 11.9. The zero-order chi connectivity index (χ0) is 16.0. The number of anilines is 1. The number of nitrogens with zero attached hydrogens (tertiary/aromatic N) is 4. The van der Waals surface area contributed by atoms with Gasteiger partial charge in [-0.1, -0.05) is 11.6 Å². The van der Waals surface area contributed by atoms with Crippen LogP contribution in [0.4, 0.5) is 5.95 Å². The molecule has 1 aliphatic carbocycles. The van der Waals surface area contributed by atoms with Crippen molar-refractivity contribution in [2.45, 2.75) is 18.4 Å². The molecule has 3 rings (SSSR count). The summed E-state index contributed by atoms with van der Waals surface area (Å²) in [5.74, 6) is 0.541. The number of hydrogen-bond donors (Lipinski definition) is 0. The molecule has 0 spiro atoms. The Morgan fingerprint density at radius 3 is 2.50 bits per heavy atom. The second kappa shape index (κ2) is 5.59. The van der Waals surface area contributed by atoms with Crippen LogP contribution in [0, 0.1) is 0 Å². The van der Waals surface area contributed by atoms with E-state index in [4.69, 9.17) is 16.3 Å². The molecule has 0 radical (unpaired) electrons. The molecule has 9 heteroatoms. The lowest BCUT2D eigenvalue weighted by Gasteiger charge is -2.29. The summed E-state index contributed by atoms with van der Waals surface area (Å²) in [7, 11) is -1.71. The minimum Gasteiger partial charge on any atom is -0.378 e. The van der Waals surface area contributed by atoms with E-state index in [2.05, 4.69) is 9.97 Å². The summed E-state index contributed by atoms with van der Waals surface area (Å²) in [4.78, 5) is 10.9. The quantitative estimate of drug-likeness (QED) is 0.752. The summed E-state index contributed by atoms with van der Waals surface area (Å²) >= 11 is 6.15. The van der Waals surface area contributed by atoms with E-state index in [-0.39, 0.29) is 0 Å². The highest BCUT2D eigenvalue weighted by molar-refractivity contribution is 7.88. The summed E-state index contributed by atoms with van der Waals surface area (Å²) in [5, 5.41) is 0.333. The minimum absolute atomic E-state index is 0.333. The first kappa shape index (κ1) is 15.9. The number of hydrogen-bond acceptors (Lipinski definition) is 6. The zero-order valence-electron chi connectivity index (χ0n) is 12.6. The Kier molecular flexibility index (Phi) is 4.05. The van der Waals surface area contributed by atoms with Gasteiger partial charge in [-0.15, -0.1) is 0 Å². The highest BCUT2D eigenvalue weighted by Gasteiger charge is 2.53. The highest BCUT2D eigenvalue weighted by atomic mass is 35.5. The minimum atomic E-state index is -3.30. The number of halogens is 1. The summed E-state index contributed by atoms with van der Waals surface area (Å²) in [5.41, 5.74) is 0.0863. The van der Waals surface area contributed by atoms with E-state index in [1.807, 2.05) is 4.90 Å². The Bertz CT molecular complexity index is 672. The van der Waals surface area contributed by atoms with Crippen LogP contribution >= 0.6 is 11.6 Å². The highest BCUT2D eigenvalue weighted by Crippen LogP contribution is 2.51. The maximum Gasteiger partial charge on any atom is 0.227 e. The van der Waals surface area contributed by atoms with Gasteiger partial charge in [-0.05, 0) is 18.9 Å². The van der Waals surface area contributed by atoms with E-state index in [0.29, 0.717) is 43.1 Å². The van der Waals surface area contributed by atoms with E-state index in [1.54, 1.807) is 13.1 Å². The van der Waals surface area contributed by atoms with Crippen LogP contribution in [0.1, 0.15) is 18.5 Å². The Balaban J connectivity index is 1.96. The largest absolute Gasteiger partial charge is 0.378 e. The summed E-state index contributed by atoms with van der Waals surface area (Å²) in [6, 6.07) is 1.67. The normalized spacial score (nSPS) is 21.2. The van der Waals surface area contributed by atoms with Gasteiger partial charge in [0.2, 0.25) is 16.0 Å². The van der Waals surface area contributed by atoms with Crippen LogP contribution in [0.5, 0.6) is 0 Å². The van der Waals surface area contributed by atoms with Crippen LogP contribution in [0.25, 0.3) is 0 Å². The lowest BCUT2D eigenvalue weighted by atomic mass is 10.2. The van der Waals surface area contributed by atoms with Gasteiger partial charge in [0, 0.05) is 20.1 Å². The molecule has 1 saturated heterocycles. The van der Waals surface area contributed by atoms with E-state index < -0.39 is 15.6 Å². The van der Waals surface area contributed by atoms with Crippen molar-refractivity contribution in [1.82, 2.24) is 14.3 Å². The second-order valence-electron chi connectivity index (χ2n) is 5.74. The maximum atomic E-state index is 11.9. The monoisotopic (exact) mass is 346 g/mol. The Morgan fingerprint density at radius 2 is 1.95 bits per heavy atom. The molecule has 1 aliphatic heterocycles. The first-order valence-electron chi connectivity index (χ1n) is 7.15.